The standard InChI is InChI=1S/C16H20N4OS/c1-9(2)20-7-5-10-12(8-20)22-16-13(10)15(21)18-14(19-16)11-4-3-6-17-11/h3-4,6,9,14,17,19H,5,7-8H2,1-2H3,(H,18,21)/p+1/t14-/m0/s1. The van der Waals surface area contributed by atoms with E-state index in [-0.39, 0.29) is 12.1 Å². The SMILES string of the molecule is CC(C)[NH+]1CCc2c(sc3c2C(=O)N[C@H](c2ccc[nH]2)N3)C1. The van der Waals surface area contributed by atoms with Crippen molar-refractivity contribution in [2.45, 2.75) is 39.0 Å². The third-order valence-electron chi connectivity index (χ3n) is 4.70. The summed E-state index contributed by atoms with van der Waals surface area (Å²) in [6.07, 6.45) is 2.71. The Morgan fingerprint density at radius 3 is 2.95 bits per heavy atom. The Bertz CT molecular complexity index is 704. The van der Waals surface area contributed by atoms with E-state index >= 15 is 0 Å². The van der Waals surface area contributed by atoms with Gasteiger partial charge in [-0.25, -0.2) is 0 Å². The highest BCUT2D eigenvalue weighted by Gasteiger charge is 2.35. The van der Waals surface area contributed by atoms with Gasteiger partial charge in [-0.1, -0.05) is 0 Å². The van der Waals surface area contributed by atoms with E-state index < -0.39 is 0 Å². The number of aromatic amines is 1. The second-order valence-electron chi connectivity index (χ2n) is 6.37. The highest BCUT2D eigenvalue weighted by Crippen LogP contribution is 2.38. The molecule has 22 heavy (non-hydrogen) atoms. The molecule has 2 aliphatic heterocycles. The van der Waals surface area contributed by atoms with Crippen LogP contribution in [0.5, 0.6) is 0 Å². The van der Waals surface area contributed by atoms with Gasteiger partial charge in [0.2, 0.25) is 0 Å². The Hall–Kier alpha value is -1.79. The zero-order valence-electron chi connectivity index (χ0n) is 12.8. The summed E-state index contributed by atoms with van der Waals surface area (Å²) in [6.45, 7) is 6.67. The van der Waals surface area contributed by atoms with Gasteiger partial charge in [-0.2, -0.15) is 0 Å². The van der Waals surface area contributed by atoms with E-state index in [1.54, 1.807) is 16.2 Å². The van der Waals surface area contributed by atoms with Crippen molar-refractivity contribution in [3.8, 4) is 0 Å². The number of fused-ring (bicyclic) bond motifs is 3. The Kier molecular flexibility index (Phi) is 3.23. The van der Waals surface area contributed by atoms with Gasteiger partial charge in [0.1, 0.15) is 17.7 Å². The fraction of sp³-hybridized carbons (Fsp3) is 0.438. The second-order valence-corrected chi connectivity index (χ2v) is 7.48. The van der Waals surface area contributed by atoms with Crippen molar-refractivity contribution in [1.82, 2.24) is 10.3 Å². The molecule has 5 nitrogen and oxygen atoms in total. The first-order valence-electron chi connectivity index (χ1n) is 7.83. The van der Waals surface area contributed by atoms with Crippen LogP contribution in [0.4, 0.5) is 5.00 Å². The fourth-order valence-electron chi connectivity index (χ4n) is 3.38. The molecular weight excluding hydrogens is 296 g/mol. The number of carbonyl (C=O) groups is 1. The number of thiophene rings is 1. The summed E-state index contributed by atoms with van der Waals surface area (Å²) in [5, 5.41) is 7.57. The molecule has 4 heterocycles. The number of hydrogen-bond donors (Lipinski definition) is 4. The first kappa shape index (κ1) is 13.8. The maximum atomic E-state index is 12.6. The Morgan fingerprint density at radius 2 is 2.23 bits per heavy atom. The summed E-state index contributed by atoms with van der Waals surface area (Å²) in [7, 11) is 0. The molecule has 0 saturated heterocycles. The lowest BCUT2D eigenvalue weighted by Gasteiger charge is -2.28. The van der Waals surface area contributed by atoms with E-state index in [0.29, 0.717) is 6.04 Å². The number of amides is 1. The number of aromatic nitrogens is 1. The summed E-state index contributed by atoms with van der Waals surface area (Å²) in [5.74, 6) is 0.0545. The van der Waals surface area contributed by atoms with Crippen molar-refractivity contribution < 1.29 is 9.69 Å². The highest BCUT2D eigenvalue weighted by molar-refractivity contribution is 7.16. The first-order chi connectivity index (χ1) is 10.6. The lowest BCUT2D eigenvalue weighted by atomic mass is 10.00. The lowest BCUT2D eigenvalue weighted by molar-refractivity contribution is -0.936. The number of nitrogens with one attached hydrogen (secondary N) is 4. The molecule has 0 saturated carbocycles. The van der Waals surface area contributed by atoms with Crippen LogP contribution in [0.2, 0.25) is 0 Å². The van der Waals surface area contributed by atoms with E-state index in [9.17, 15) is 4.79 Å². The van der Waals surface area contributed by atoms with E-state index in [4.69, 9.17) is 0 Å². The third kappa shape index (κ3) is 2.14. The van der Waals surface area contributed by atoms with E-state index in [0.717, 1.165) is 35.8 Å². The number of carbonyl (C=O) groups excluding carboxylic acids is 1. The van der Waals surface area contributed by atoms with Crippen LogP contribution in [-0.4, -0.2) is 23.5 Å². The average molecular weight is 317 g/mol. The van der Waals surface area contributed by atoms with Crippen LogP contribution in [0, 0.1) is 0 Å². The smallest absolute Gasteiger partial charge is 0.256 e. The van der Waals surface area contributed by atoms with Crippen LogP contribution < -0.4 is 15.5 Å². The topological polar surface area (TPSA) is 61.4 Å². The molecule has 1 amide bonds. The van der Waals surface area contributed by atoms with Gasteiger partial charge >= 0.3 is 0 Å². The van der Waals surface area contributed by atoms with Gasteiger partial charge in [0.25, 0.3) is 5.91 Å². The summed E-state index contributed by atoms with van der Waals surface area (Å²) >= 11 is 1.76. The van der Waals surface area contributed by atoms with Crippen molar-refractivity contribution >= 4 is 22.2 Å². The summed E-state index contributed by atoms with van der Waals surface area (Å²) in [4.78, 5) is 18.7. The maximum absolute atomic E-state index is 12.6. The normalized spacial score (nSPS) is 23.7. The van der Waals surface area contributed by atoms with Gasteiger partial charge < -0.3 is 20.5 Å². The fourth-order valence-corrected chi connectivity index (χ4v) is 4.71. The van der Waals surface area contributed by atoms with Gasteiger partial charge in [-0.05, 0) is 31.5 Å². The van der Waals surface area contributed by atoms with Crippen molar-refractivity contribution in [3.63, 3.8) is 0 Å². The molecule has 0 fully saturated rings. The average Bonchev–Trinajstić information content (AvgIpc) is 3.13. The molecular formula is C16H21N4OS+. The second kappa shape index (κ2) is 5.14. The van der Waals surface area contributed by atoms with Crippen LogP contribution in [-0.2, 0) is 13.0 Å². The molecule has 0 aromatic carbocycles. The van der Waals surface area contributed by atoms with Crippen LogP contribution >= 0.6 is 11.3 Å². The summed E-state index contributed by atoms with van der Waals surface area (Å²) < 4.78 is 0. The van der Waals surface area contributed by atoms with Crippen molar-refractivity contribution in [2.24, 2.45) is 0 Å². The Morgan fingerprint density at radius 1 is 1.36 bits per heavy atom. The number of quaternary nitrogens is 1. The van der Waals surface area contributed by atoms with Crippen molar-refractivity contribution in [1.29, 1.82) is 0 Å². The molecule has 116 valence electrons. The van der Waals surface area contributed by atoms with Crippen molar-refractivity contribution in [2.75, 3.05) is 11.9 Å². The zero-order chi connectivity index (χ0) is 15.3. The minimum Gasteiger partial charge on any atom is -0.362 e. The minimum absolute atomic E-state index is 0.0545. The minimum atomic E-state index is -0.163. The molecule has 0 bridgehead atoms. The van der Waals surface area contributed by atoms with E-state index in [1.165, 1.54) is 10.4 Å². The molecule has 0 radical (unpaired) electrons. The van der Waals surface area contributed by atoms with E-state index in [2.05, 4.69) is 29.5 Å². The number of H-pyrrole nitrogens is 1. The van der Waals surface area contributed by atoms with Gasteiger partial charge in [0, 0.05) is 12.6 Å². The number of anilines is 1. The van der Waals surface area contributed by atoms with Gasteiger partial charge in [-0.3, -0.25) is 4.79 Å². The molecule has 2 aliphatic rings. The molecule has 6 heteroatoms. The molecule has 0 spiro atoms. The number of rotatable bonds is 2. The first-order valence-corrected chi connectivity index (χ1v) is 8.65. The molecule has 2 atom stereocenters. The maximum Gasteiger partial charge on any atom is 0.256 e. The van der Waals surface area contributed by atoms with Gasteiger partial charge in [-0.15, -0.1) is 11.3 Å². The van der Waals surface area contributed by atoms with Gasteiger partial charge in [0.05, 0.1) is 28.7 Å². The van der Waals surface area contributed by atoms with Crippen molar-refractivity contribution in [3.05, 3.63) is 40.0 Å². The van der Waals surface area contributed by atoms with Gasteiger partial charge in [0.15, 0.2) is 0 Å². The predicted octanol–water partition coefficient (Wildman–Crippen LogP) is 1.28. The largest absolute Gasteiger partial charge is 0.362 e. The molecule has 2 aromatic heterocycles. The predicted molar refractivity (Wildman–Crippen MR) is 87.3 cm³/mol. The van der Waals surface area contributed by atoms with Crippen LogP contribution in [0.3, 0.4) is 0 Å². The molecule has 4 rings (SSSR count). The Balaban J connectivity index is 1.67. The quantitative estimate of drug-likeness (QED) is 0.674. The number of hydrogen-bond acceptors (Lipinski definition) is 3. The van der Waals surface area contributed by atoms with Crippen LogP contribution in [0.1, 0.15) is 46.5 Å². The Labute approximate surface area is 133 Å². The monoisotopic (exact) mass is 317 g/mol. The van der Waals surface area contributed by atoms with Crippen LogP contribution in [0.25, 0.3) is 0 Å². The molecule has 0 aliphatic carbocycles. The van der Waals surface area contributed by atoms with Crippen LogP contribution in [0.15, 0.2) is 18.3 Å². The third-order valence-corrected chi connectivity index (χ3v) is 5.87. The summed E-state index contributed by atoms with van der Waals surface area (Å²) in [5.41, 5.74) is 3.13. The highest BCUT2D eigenvalue weighted by atomic mass is 32.1. The summed E-state index contributed by atoms with van der Waals surface area (Å²) in [6, 6.07) is 4.56. The zero-order valence-corrected chi connectivity index (χ0v) is 13.6. The molecule has 4 N–H and O–H groups in total. The molecule has 2 aromatic rings. The van der Waals surface area contributed by atoms with E-state index in [1.807, 2.05) is 18.3 Å². The molecule has 1 unspecified atom stereocenters. The lowest BCUT2D eigenvalue weighted by Crippen LogP contribution is -3.14.